The van der Waals surface area contributed by atoms with E-state index in [1.807, 2.05) is 56.3 Å². The van der Waals surface area contributed by atoms with Gasteiger partial charge in [0.15, 0.2) is 0 Å². The Balaban J connectivity index is 1.49. The maximum absolute atomic E-state index is 12.4. The summed E-state index contributed by atoms with van der Waals surface area (Å²) in [5.41, 5.74) is 4.30. The van der Waals surface area contributed by atoms with Gasteiger partial charge in [-0.2, -0.15) is 5.10 Å². The van der Waals surface area contributed by atoms with Crippen LogP contribution < -0.4 is 5.32 Å². The van der Waals surface area contributed by atoms with Gasteiger partial charge >= 0.3 is 0 Å². The van der Waals surface area contributed by atoms with Crippen LogP contribution in [0.1, 0.15) is 17.0 Å². The number of amides is 1. The van der Waals surface area contributed by atoms with E-state index in [0.717, 1.165) is 16.5 Å². The van der Waals surface area contributed by atoms with Crippen LogP contribution in [-0.4, -0.2) is 21.1 Å². The Morgan fingerprint density at radius 1 is 1.15 bits per heavy atom. The molecule has 0 spiro atoms. The predicted molar refractivity (Wildman–Crippen MR) is 99.8 cm³/mol. The van der Waals surface area contributed by atoms with Crippen molar-refractivity contribution in [2.75, 3.05) is 5.32 Å². The Morgan fingerprint density at radius 3 is 2.77 bits per heavy atom. The van der Waals surface area contributed by atoms with Crippen LogP contribution in [-0.2, 0) is 11.2 Å². The summed E-state index contributed by atoms with van der Waals surface area (Å²) in [5.74, 6) is 1.04. The van der Waals surface area contributed by atoms with E-state index in [9.17, 15) is 4.79 Å². The minimum Gasteiger partial charge on any atom is -0.441 e. The number of anilines is 1. The number of nitrogens with zero attached hydrogens (tertiary/aromatic N) is 2. The van der Waals surface area contributed by atoms with Crippen molar-refractivity contribution in [2.24, 2.45) is 0 Å². The number of aromatic amines is 1. The van der Waals surface area contributed by atoms with Crippen LogP contribution in [0.5, 0.6) is 0 Å². The standard InChI is InChI=1S/C20H18N4O2/c1-12-3-5-14(6-4-12)20-23-17(13(2)26-20)10-19(25)22-16-8-7-15-11-21-24-18(15)9-16/h3-9,11H,10H2,1-2H3,(H,21,24)(H,22,25). The molecule has 0 saturated heterocycles. The first-order valence-corrected chi connectivity index (χ1v) is 8.35. The van der Waals surface area contributed by atoms with E-state index in [1.165, 1.54) is 5.56 Å². The zero-order chi connectivity index (χ0) is 18.1. The van der Waals surface area contributed by atoms with Crippen molar-refractivity contribution >= 4 is 22.5 Å². The maximum Gasteiger partial charge on any atom is 0.230 e. The molecule has 0 radical (unpaired) electrons. The summed E-state index contributed by atoms with van der Waals surface area (Å²) in [6.07, 6.45) is 1.90. The number of oxazole rings is 1. The Labute approximate surface area is 150 Å². The molecule has 4 aromatic rings. The lowest BCUT2D eigenvalue weighted by Gasteiger charge is -2.04. The van der Waals surface area contributed by atoms with E-state index in [-0.39, 0.29) is 12.3 Å². The Bertz CT molecular complexity index is 1080. The van der Waals surface area contributed by atoms with Gasteiger partial charge in [0.25, 0.3) is 0 Å². The third-order valence-electron chi connectivity index (χ3n) is 4.24. The number of aryl methyl sites for hydroxylation is 2. The van der Waals surface area contributed by atoms with Crippen LogP contribution in [0, 0.1) is 13.8 Å². The molecule has 1 amide bonds. The molecule has 0 aliphatic carbocycles. The number of carbonyl (C=O) groups excluding carboxylic acids is 1. The summed E-state index contributed by atoms with van der Waals surface area (Å²) < 4.78 is 5.73. The first kappa shape index (κ1) is 16.1. The maximum atomic E-state index is 12.4. The summed E-state index contributed by atoms with van der Waals surface area (Å²) in [4.78, 5) is 16.9. The molecule has 130 valence electrons. The summed E-state index contributed by atoms with van der Waals surface area (Å²) in [6, 6.07) is 13.6. The van der Waals surface area contributed by atoms with E-state index in [0.29, 0.717) is 23.0 Å². The van der Waals surface area contributed by atoms with Gasteiger partial charge in [-0.3, -0.25) is 9.89 Å². The Kier molecular flexibility index (Phi) is 4.01. The third kappa shape index (κ3) is 3.21. The smallest absolute Gasteiger partial charge is 0.230 e. The quantitative estimate of drug-likeness (QED) is 0.585. The molecule has 0 fully saturated rings. The Hall–Kier alpha value is -3.41. The van der Waals surface area contributed by atoms with Crippen molar-refractivity contribution in [3.63, 3.8) is 0 Å². The van der Waals surface area contributed by atoms with E-state index in [4.69, 9.17) is 4.42 Å². The second-order valence-corrected chi connectivity index (χ2v) is 6.28. The molecule has 26 heavy (non-hydrogen) atoms. The average Bonchev–Trinajstić information content (AvgIpc) is 3.22. The van der Waals surface area contributed by atoms with Crippen molar-refractivity contribution in [3.05, 3.63) is 65.7 Å². The van der Waals surface area contributed by atoms with Gasteiger partial charge in [-0.15, -0.1) is 0 Å². The summed E-state index contributed by atoms with van der Waals surface area (Å²) in [7, 11) is 0. The average molecular weight is 346 g/mol. The van der Waals surface area contributed by atoms with Crippen molar-refractivity contribution < 1.29 is 9.21 Å². The molecule has 6 heteroatoms. The fourth-order valence-electron chi connectivity index (χ4n) is 2.78. The molecule has 4 rings (SSSR count). The first-order chi connectivity index (χ1) is 12.6. The summed E-state index contributed by atoms with van der Waals surface area (Å²) in [5, 5.41) is 10.8. The molecule has 2 N–H and O–H groups in total. The summed E-state index contributed by atoms with van der Waals surface area (Å²) >= 11 is 0. The number of hydrogen-bond acceptors (Lipinski definition) is 4. The summed E-state index contributed by atoms with van der Waals surface area (Å²) in [6.45, 7) is 3.85. The molecule has 0 saturated carbocycles. The second kappa shape index (κ2) is 6.48. The fraction of sp³-hybridized carbons (Fsp3) is 0.150. The molecular formula is C20H18N4O2. The van der Waals surface area contributed by atoms with Gasteiger partial charge < -0.3 is 9.73 Å². The molecule has 6 nitrogen and oxygen atoms in total. The van der Waals surface area contributed by atoms with Crippen LogP contribution >= 0.6 is 0 Å². The number of fused-ring (bicyclic) bond motifs is 1. The van der Waals surface area contributed by atoms with Crippen molar-refractivity contribution in [1.82, 2.24) is 15.2 Å². The SMILES string of the molecule is Cc1ccc(-c2nc(CC(=O)Nc3ccc4cn[nH]c4c3)c(C)o2)cc1. The first-order valence-electron chi connectivity index (χ1n) is 8.35. The number of benzene rings is 2. The van der Waals surface area contributed by atoms with Gasteiger partial charge in [0, 0.05) is 16.6 Å². The zero-order valence-corrected chi connectivity index (χ0v) is 14.5. The normalized spacial score (nSPS) is 11.0. The van der Waals surface area contributed by atoms with Gasteiger partial charge in [-0.25, -0.2) is 4.98 Å². The lowest BCUT2D eigenvalue weighted by atomic mass is 10.1. The van der Waals surface area contributed by atoms with Gasteiger partial charge in [-0.05, 0) is 44.2 Å². The van der Waals surface area contributed by atoms with Crippen LogP contribution in [0.3, 0.4) is 0 Å². The minimum atomic E-state index is -0.143. The topological polar surface area (TPSA) is 83.8 Å². The van der Waals surface area contributed by atoms with Gasteiger partial charge in [0.2, 0.25) is 11.8 Å². The van der Waals surface area contributed by atoms with Crippen molar-refractivity contribution in [3.8, 4) is 11.5 Å². The van der Waals surface area contributed by atoms with E-state index >= 15 is 0 Å². The van der Waals surface area contributed by atoms with E-state index in [1.54, 1.807) is 6.20 Å². The third-order valence-corrected chi connectivity index (χ3v) is 4.24. The molecule has 2 aromatic heterocycles. The highest BCUT2D eigenvalue weighted by Crippen LogP contribution is 2.23. The molecular weight excluding hydrogens is 328 g/mol. The second-order valence-electron chi connectivity index (χ2n) is 6.28. The lowest BCUT2D eigenvalue weighted by Crippen LogP contribution is -2.15. The number of aromatic nitrogens is 3. The number of rotatable bonds is 4. The van der Waals surface area contributed by atoms with Gasteiger partial charge in [0.05, 0.1) is 23.8 Å². The largest absolute Gasteiger partial charge is 0.441 e. The highest BCUT2D eigenvalue weighted by atomic mass is 16.4. The number of nitrogens with one attached hydrogen (secondary N) is 2. The van der Waals surface area contributed by atoms with Crippen LogP contribution in [0.2, 0.25) is 0 Å². The minimum absolute atomic E-state index is 0.143. The van der Waals surface area contributed by atoms with Crippen LogP contribution in [0.25, 0.3) is 22.4 Å². The highest BCUT2D eigenvalue weighted by Gasteiger charge is 2.15. The number of H-pyrrole nitrogens is 1. The molecule has 0 bridgehead atoms. The molecule has 2 aromatic carbocycles. The monoisotopic (exact) mass is 346 g/mol. The van der Waals surface area contributed by atoms with E-state index in [2.05, 4.69) is 20.5 Å². The molecule has 2 heterocycles. The van der Waals surface area contributed by atoms with E-state index < -0.39 is 0 Å². The number of carbonyl (C=O) groups is 1. The number of hydrogen-bond donors (Lipinski definition) is 2. The van der Waals surface area contributed by atoms with Crippen molar-refractivity contribution in [2.45, 2.75) is 20.3 Å². The van der Waals surface area contributed by atoms with Crippen molar-refractivity contribution in [1.29, 1.82) is 0 Å². The molecule has 0 unspecified atom stereocenters. The molecule has 0 atom stereocenters. The zero-order valence-electron chi connectivity index (χ0n) is 14.5. The van der Waals surface area contributed by atoms with Crippen LogP contribution in [0.15, 0.2) is 53.1 Å². The fourth-order valence-corrected chi connectivity index (χ4v) is 2.78. The highest BCUT2D eigenvalue weighted by molar-refractivity contribution is 5.94. The lowest BCUT2D eigenvalue weighted by molar-refractivity contribution is -0.115. The molecule has 0 aliphatic heterocycles. The Morgan fingerprint density at radius 2 is 1.96 bits per heavy atom. The molecule has 0 aliphatic rings. The predicted octanol–water partition coefficient (Wildman–Crippen LogP) is 4.02. The van der Waals surface area contributed by atoms with Crippen LogP contribution in [0.4, 0.5) is 5.69 Å². The van der Waals surface area contributed by atoms with Gasteiger partial charge in [0.1, 0.15) is 5.76 Å². The van der Waals surface area contributed by atoms with Gasteiger partial charge in [-0.1, -0.05) is 17.7 Å².